The van der Waals surface area contributed by atoms with E-state index in [1.54, 1.807) is 11.3 Å². The molecule has 0 aromatic carbocycles. The molecule has 1 saturated heterocycles. The second kappa shape index (κ2) is 6.85. The third-order valence-electron chi connectivity index (χ3n) is 6.24. The van der Waals surface area contributed by atoms with Crippen LogP contribution in [0.15, 0.2) is 28.9 Å². The minimum Gasteiger partial charge on any atom is -0.349 e. The lowest BCUT2D eigenvalue weighted by atomic mass is 9.96. The number of hydrogen-bond acceptors (Lipinski definition) is 5. The molecule has 0 unspecified atom stereocenters. The Morgan fingerprint density at radius 2 is 2.00 bits per heavy atom. The molecule has 3 fully saturated rings. The SMILES string of the molecule is Cc1ccc(C(=O)N2C[C@@H]3CC[C@@H](N(c4ccc(Br)nn4)C4CC4)[C@@H]3C2)s1. The fourth-order valence-corrected chi connectivity index (χ4v) is 5.93. The number of aryl methyl sites for hydroxylation is 1. The quantitative estimate of drug-likeness (QED) is 0.708. The van der Waals surface area contributed by atoms with Crippen molar-refractivity contribution in [1.82, 2.24) is 15.1 Å². The van der Waals surface area contributed by atoms with E-state index in [2.05, 4.69) is 48.9 Å². The number of nitrogens with zero attached hydrogens (tertiary/aromatic N) is 4. The van der Waals surface area contributed by atoms with Gasteiger partial charge in [0, 0.05) is 36.0 Å². The van der Waals surface area contributed by atoms with Crippen LogP contribution in [0.5, 0.6) is 0 Å². The van der Waals surface area contributed by atoms with Crippen molar-refractivity contribution >= 4 is 39.0 Å². The molecule has 0 N–H and O–H groups in total. The Kier molecular flexibility index (Phi) is 4.47. The molecule has 5 rings (SSSR count). The minimum atomic E-state index is 0.211. The lowest BCUT2D eigenvalue weighted by molar-refractivity contribution is 0.0784. The molecule has 2 saturated carbocycles. The number of likely N-dealkylation sites (tertiary alicyclic amines) is 1. The van der Waals surface area contributed by atoms with Crippen molar-refractivity contribution in [3.8, 4) is 0 Å². The van der Waals surface area contributed by atoms with Gasteiger partial charge in [0.25, 0.3) is 5.91 Å². The van der Waals surface area contributed by atoms with Gasteiger partial charge in [0.1, 0.15) is 4.60 Å². The van der Waals surface area contributed by atoms with Crippen molar-refractivity contribution in [2.24, 2.45) is 11.8 Å². The fourth-order valence-electron chi connectivity index (χ4n) is 4.88. The molecule has 1 aliphatic heterocycles. The zero-order chi connectivity index (χ0) is 18.5. The maximum atomic E-state index is 12.9. The van der Waals surface area contributed by atoms with Gasteiger partial charge in [-0.25, -0.2) is 0 Å². The van der Waals surface area contributed by atoms with Gasteiger partial charge in [0.05, 0.1) is 4.88 Å². The first kappa shape index (κ1) is 17.6. The molecular formula is C20H23BrN4OS. The van der Waals surface area contributed by atoms with Gasteiger partial charge in [0.2, 0.25) is 0 Å². The highest BCUT2D eigenvalue weighted by molar-refractivity contribution is 9.10. The molecule has 7 heteroatoms. The van der Waals surface area contributed by atoms with Crippen LogP contribution in [-0.4, -0.2) is 46.2 Å². The predicted octanol–water partition coefficient (Wildman–Crippen LogP) is 4.13. The van der Waals surface area contributed by atoms with E-state index in [0.717, 1.165) is 28.4 Å². The third-order valence-corrected chi connectivity index (χ3v) is 7.65. The first-order valence-electron chi connectivity index (χ1n) is 9.73. The summed E-state index contributed by atoms with van der Waals surface area (Å²) in [5.74, 6) is 2.36. The van der Waals surface area contributed by atoms with E-state index >= 15 is 0 Å². The second-order valence-electron chi connectivity index (χ2n) is 8.04. The summed E-state index contributed by atoms with van der Waals surface area (Å²) in [4.78, 5) is 19.6. The molecule has 3 atom stereocenters. The van der Waals surface area contributed by atoms with Gasteiger partial charge in [-0.2, -0.15) is 0 Å². The summed E-state index contributed by atoms with van der Waals surface area (Å²) in [5, 5.41) is 8.67. The number of aromatic nitrogens is 2. The van der Waals surface area contributed by atoms with Gasteiger partial charge in [0.15, 0.2) is 5.82 Å². The van der Waals surface area contributed by atoms with Gasteiger partial charge < -0.3 is 9.80 Å². The standard InChI is InChI=1S/C20H23BrN4OS/c1-12-2-7-17(27-12)20(26)24-10-13-3-6-16(15(13)11-24)25(14-4-5-14)19-9-8-18(21)22-23-19/h2,7-9,13-16H,3-6,10-11H2,1H3/t13-,15+,16+/m0/s1. The normalized spacial score (nSPS) is 27.0. The maximum Gasteiger partial charge on any atom is 0.263 e. The average molecular weight is 447 g/mol. The van der Waals surface area contributed by atoms with Crippen LogP contribution in [-0.2, 0) is 0 Å². The summed E-state index contributed by atoms with van der Waals surface area (Å²) >= 11 is 4.99. The molecule has 0 bridgehead atoms. The summed E-state index contributed by atoms with van der Waals surface area (Å²) in [6.45, 7) is 3.84. The van der Waals surface area contributed by atoms with Gasteiger partial charge in [-0.1, -0.05) is 0 Å². The summed E-state index contributed by atoms with van der Waals surface area (Å²) < 4.78 is 0.773. The number of rotatable bonds is 4. The number of fused-ring (bicyclic) bond motifs is 1. The summed E-state index contributed by atoms with van der Waals surface area (Å²) in [7, 11) is 0. The van der Waals surface area contributed by atoms with E-state index in [0.29, 0.717) is 23.9 Å². The summed E-state index contributed by atoms with van der Waals surface area (Å²) in [5.41, 5.74) is 0. The van der Waals surface area contributed by atoms with Crippen LogP contribution >= 0.6 is 27.3 Å². The highest BCUT2D eigenvalue weighted by Gasteiger charge is 2.49. The van der Waals surface area contributed by atoms with E-state index in [4.69, 9.17) is 0 Å². The van der Waals surface area contributed by atoms with Gasteiger partial charge in [-0.15, -0.1) is 21.5 Å². The van der Waals surface area contributed by atoms with Crippen LogP contribution in [0.25, 0.3) is 0 Å². The van der Waals surface area contributed by atoms with Crippen LogP contribution in [0.1, 0.15) is 40.2 Å². The Bertz CT molecular complexity index is 850. The Morgan fingerprint density at radius 3 is 2.67 bits per heavy atom. The number of anilines is 1. The number of halogens is 1. The zero-order valence-corrected chi connectivity index (χ0v) is 17.7. The molecule has 142 valence electrons. The van der Waals surface area contributed by atoms with Crippen molar-refractivity contribution in [1.29, 1.82) is 0 Å². The second-order valence-corrected chi connectivity index (χ2v) is 10.1. The topological polar surface area (TPSA) is 49.3 Å². The molecule has 2 aromatic rings. The average Bonchev–Trinajstić information content (AvgIpc) is 3.07. The van der Waals surface area contributed by atoms with Gasteiger partial charge in [-0.05, 0) is 78.7 Å². The van der Waals surface area contributed by atoms with Crippen LogP contribution < -0.4 is 4.90 Å². The van der Waals surface area contributed by atoms with Crippen LogP contribution in [0, 0.1) is 18.8 Å². The first-order chi connectivity index (χ1) is 13.1. The minimum absolute atomic E-state index is 0.211. The molecule has 0 radical (unpaired) electrons. The molecule has 2 aromatic heterocycles. The summed E-state index contributed by atoms with van der Waals surface area (Å²) in [6, 6.07) is 9.14. The predicted molar refractivity (Wildman–Crippen MR) is 110 cm³/mol. The van der Waals surface area contributed by atoms with Crippen LogP contribution in [0.4, 0.5) is 5.82 Å². The lowest BCUT2D eigenvalue weighted by Gasteiger charge is -2.34. The molecule has 2 aliphatic carbocycles. The molecule has 1 amide bonds. The van der Waals surface area contributed by atoms with Crippen molar-refractivity contribution < 1.29 is 4.79 Å². The Morgan fingerprint density at radius 1 is 1.15 bits per heavy atom. The largest absolute Gasteiger partial charge is 0.349 e. The monoisotopic (exact) mass is 446 g/mol. The van der Waals surface area contributed by atoms with Crippen molar-refractivity contribution in [3.63, 3.8) is 0 Å². The number of amides is 1. The Hall–Kier alpha value is -1.47. The number of hydrogen-bond donors (Lipinski definition) is 0. The Labute approximate surface area is 171 Å². The summed E-state index contributed by atoms with van der Waals surface area (Å²) in [6.07, 6.45) is 4.88. The van der Waals surface area contributed by atoms with E-state index in [-0.39, 0.29) is 5.91 Å². The Balaban J connectivity index is 1.36. The molecule has 5 nitrogen and oxygen atoms in total. The van der Waals surface area contributed by atoms with Gasteiger partial charge >= 0.3 is 0 Å². The van der Waals surface area contributed by atoms with E-state index in [9.17, 15) is 4.79 Å². The molecule has 3 heterocycles. The van der Waals surface area contributed by atoms with E-state index < -0.39 is 0 Å². The third kappa shape index (κ3) is 3.29. The first-order valence-corrected chi connectivity index (χ1v) is 11.3. The van der Waals surface area contributed by atoms with Crippen molar-refractivity contribution in [2.45, 2.75) is 44.7 Å². The maximum absolute atomic E-state index is 12.9. The van der Waals surface area contributed by atoms with E-state index in [1.807, 2.05) is 18.2 Å². The molecule has 27 heavy (non-hydrogen) atoms. The highest BCUT2D eigenvalue weighted by atomic mass is 79.9. The zero-order valence-electron chi connectivity index (χ0n) is 15.3. The fraction of sp³-hybridized carbons (Fsp3) is 0.550. The molecule has 0 spiro atoms. The number of carbonyl (C=O) groups excluding carboxylic acids is 1. The van der Waals surface area contributed by atoms with Crippen LogP contribution in [0.2, 0.25) is 0 Å². The van der Waals surface area contributed by atoms with Crippen LogP contribution in [0.3, 0.4) is 0 Å². The van der Waals surface area contributed by atoms with Gasteiger partial charge in [-0.3, -0.25) is 4.79 Å². The number of carbonyl (C=O) groups is 1. The number of thiophene rings is 1. The van der Waals surface area contributed by atoms with Crippen molar-refractivity contribution in [2.75, 3.05) is 18.0 Å². The smallest absolute Gasteiger partial charge is 0.263 e. The molecule has 3 aliphatic rings. The lowest BCUT2D eigenvalue weighted by Crippen LogP contribution is -2.42. The van der Waals surface area contributed by atoms with Crippen molar-refractivity contribution in [3.05, 3.63) is 38.6 Å². The highest BCUT2D eigenvalue weighted by Crippen LogP contribution is 2.45. The molecular weight excluding hydrogens is 424 g/mol. The van der Waals surface area contributed by atoms with E-state index in [1.165, 1.54) is 30.6 Å².